The van der Waals surface area contributed by atoms with Crippen LogP contribution in [0.25, 0.3) is 10.8 Å². The summed E-state index contributed by atoms with van der Waals surface area (Å²) < 4.78 is 2.24. The second-order valence-electron chi connectivity index (χ2n) is 4.24. The predicted octanol–water partition coefficient (Wildman–Crippen LogP) is 6.91. The molecule has 0 bridgehead atoms. The maximum atomic E-state index is 3.80. The third-order valence-corrected chi connectivity index (χ3v) is 7.63. The van der Waals surface area contributed by atoms with Crippen LogP contribution in [0.3, 0.4) is 0 Å². The third kappa shape index (κ3) is 2.82. The lowest BCUT2D eigenvalue weighted by atomic mass is 10.0. The summed E-state index contributed by atoms with van der Waals surface area (Å²) in [5.74, 6) is 0. The minimum Gasteiger partial charge on any atom is -0.131 e. The highest BCUT2D eigenvalue weighted by Crippen LogP contribution is 2.41. The Morgan fingerprint density at radius 3 is 2.32 bits per heavy atom. The van der Waals surface area contributed by atoms with Crippen LogP contribution in [0.1, 0.15) is 15.3 Å². The molecule has 19 heavy (non-hydrogen) atoms. The Labute approximate surface area is 141 Å². The molecule has 0 fully saturated rings. The highest BCUT2D eigenvalue weighted by molar-refractivity contribution is 9.13. The van der Waals surface area contributed by atoms with Crippen LogP contribution in [-0.4, -0.2) is 0 Å². The number of thiophene rings is 1. The maximum Gasteiger partial charge on any atom is 0.0843 e. The van der Waals surface area contributed by atoms with Crippen LogP contribution in [0.4, 0.5) is 0 Å². The molecule has 4 heteroatoms. The molecule has 0 saturated heterocycles. The molecule has 0 saturated carbocycles. The zero-order valence-electron chi connectivity index (χ0n) is 9.74. The first-order valence-corrected chi connectivity index (χ1v) is 9.04. The van der Waals surface area contributed by atoms with Gasteiger partial charge in [-0.2, -0.15) is 0 Å². The lowest BCUT2D eigenvalue weighted by molar-refractivity contribution is 1.23. The van der Waals surface area contributed by atoms with Crippen molar-refractivity contribution in [3.63, 3.8) is 0 Å². The molecule has 1 heterocycles. The molecule has 0 aliphatic rings. The van der Waals surface area contributed by atoms with Crippen molar-refractivity contribution >= 4 is 69.9 Å². The third-order valence-electron chi connectivity index (χ3n) is 2.98. The normalized spacial score (nSPS) is 12.8. The van der Waals surface area contributed by atoms with Gasteiger partial charge in [0.05, 0.1) is 8.61 Å². The van der Waals surface area contributed by atoms with Crippen molar-refractivity contribution in [1.82, 2.24) is 0 Å². The van der Waals surface area contributed by atoms with Crippen molar-refractivity contribution in [2.45, 2.75) is 4.83 Å². The van der Waals surface area contributed by atoms with E-state index in [1.54, 1.807) is 11.3 Å². The van der Waals surface area contributed by atoms with E-state index in [1.807, 2.05) is 0 Å². The Balaban J connectivity index is 2.03. The van der Waals surface area contributed by atoms with E-state index in [0.717, 1.165) is 8.26 Å². The minimum atomic E-state index is 0.227. The van der Waals surface area contributed by atoms with Crippen molar-refractivity contribution < 1.29 is 0 Å². The number of hydrogen-bond donors (Lipinski definition) is 0. The number of halogens is 3. The summed E-state index contributed by atoms with van der Waals surface area (Å²) in [5.41, 5.74) is 1.28. The maximum absolute atomic E-state index is 3.80. The molecule has 2 aromatic carbocycles. The molecule has 1 unspecified atom stereocenters. The summed E-state index contributed by atoms with van der Waals surface area (Å²) in [6.45, 7) is 0. The van der Waals surface area contributed by atoms with E-state index in [0.29, 0.717) is 0 Å². The standard InChI is InChI=1S/C15H9Br3S/c16-12-8-13(19-15(12)18)14(17)11-6-5-9-3-1-2-4-10(9)7-11/h1-8,14H. The quantitative estimate of drug-likeness (QED) is 0.364. The zero-order chi connectivity index (χ0) is 13.4. The van der Waals surface area contributed by atoms with Crippen molar-refractivity contribution in [2.75, 3.05) is 0 Å². The second kappa shape index (κ2) is 5.68. The van der Waals surface area contributed by atoms with Crippen LogP contribution < -0.4 is 0 Å². The first kappa shape index (κ1) is 13.8. The number of fused-ring (bicyclic) bond motifs is 1. The highest BCUT2D eigenvalue weighted by atomic mass is 79.9. The molecule has 0 aliphatic heterocycles. The molecule has 0 N–H and O–H groups in total. The van der Waals surface area contributed by atoms with Crippen molar-refractivity contribution in [2.24, 2.45) is 0 Å². The van der Waals surface area contributed by atoms with Gasteiger partial charge in [-0.15, -0.1) is 11.3 Å². The van der Waals surface area contributed by atoms with Crippen LogP contribution in [0.5, 0.6) is 0 Å². The Morgan fingerprint density at radius 2 is 1.63 bits per heavy atom. The van der Waals surface area contributed by atoms with Gasteiger partial charge < -0.3 is 0 Å². The van der Waals surface area contributed by atoms with Gasteiger partial charge in [0.25, 0.3) is 0 Å². The molecule has 0 radical (unpaired) electrons. The largest absolute Gasteiger partial charge is 0.131 e. The van der Waals surface area contributed by atoms with E-state index in [2.05, 4.69) is 96.3 Å². The smallest absolute Gasteiger partial charge is 0.0843 e. The minimum absolute atomic E-state index is 0.227. The number of hydrogen-bond acceptors (Lipinski definition) is 1. The SMILES string of the molecule is Brc1cc(C(Br)c2ccc3ccccc3c2)sc1Br. The van der Waals surface area contributed by atoms with Crippen LogP contribution in [-0.2, 0) is 0 Å². The number of rotatable bonds is 2. The average molecular weight is 461 g/mol. The fourth-order valence-electron chi connectivity index (χ4n) is 2.02. The Bertz CT molecular complexity index is 714. The van der Waals surface area contributed by atoms with Gasteiger partial charge in [-0.25, -0.2) is 0 Å². The summed E-state index contributed by atoms with van der Waals surface area (Å²) in [4.78, 5) is 1.51. The summed E-state index contributed by atoms with van der Waals surface area (Å²) in [5, 5.41) is 2.55. The molecular formula is C15H9Br3S. The van der Waals surface area contributed by atoms with E-state index in [9.17, 15) is 0 Å². The van der Waals surface area contributed by atoms with E-state index < -0.39 is 0 Å². The van der Waals surface area contributed by atoms with Crippen LogP contribution >= 0.6 is 59.1 Å². The monoisotopic (exact) mass is 458 g/mol. The fourth-order valence-corrected chi connectivity index (χ4v) is 4.81. The zero-order valence-corrected chi connectivity index (χ0v) is 15.3. The van der Waals surface area contributed by atoms with Crippen molar-refractivity contribution in [3.8, 4) is 0 Å². The molecule has 0 amide bonds. The van der Waals surface area contributed by atoms with Gasteiger partial charge in [0.2, 0.25) is 0 Å². The molecule has 0 spiro atoms. The summed E-state index contributed by atoms with van der Waals surface area (Å²) in [7, 11) is 0. The Morgan fingerprint density at radius 1 is 0.895 bits per heavy atom. The van der Waals surface area contributed by atoms with Gasteiger partial charge in [-0.3, -0.25) is 0 Å². The predicted molar refractivity (Wildman–Crippen MR) is 94.4 cm³/mol. The highest BCUT2D eigenvalue weighted by Gasteiger charge is 2.15. The summed E-state index contributed by atoms with van der Waals surface area (Å²) in [6, 6.07) is 17.2. The molecule has 1 aromatic heterocycles. The Kier molecular flexibility index (Phi) is 4.13. The molecule has 96 valence electrons. The molecule has 3 rings (SSSR count). The molecule has 0 aliphatic carbocycles. The molecular weight excluding hydrogens is 452 g/mol. The molecule has 3 aromatic rings. The number of alkyl halides is 1. The lowest BCUT2D eigenvalue weighted by Gasteiger charge is -2.09. The van der Waals surface area contributed by atoms with E-state index in [4.69, 9.17) is 0 Å². The van der Waals surface area contributed by atoms with Crippen molar-refractivity contribution in [3.05, 3.63) is 67.2 Å². The van der Waals surface area contributed by atoms with Gasteiger partial charge in [-0.1, -0.05) is 52.3 Å². The second-order valence-corrected chi connectivity index (χ2v) is 8.41. The Hall–Kier alpha value is -0.160. The first-order valence-electron chi connectivity index (χ1n) is 5.72. The van der Waals surface area contributed by atoms with Crippen LogP contribution in [0.2, 0.25) is 0 Å². The number of benzene rings is 2. The van der Waals surface area contributed by atoms with E-state index in [-0.39, 0.29) is 4.83 Å². The summed E-state index contributed by atoms with van der Waals surface area (Å²) in [6.07, 6.45) is 0. The van der Waals surface area contributed by atoms with E-state index >= 15 is 0 Å². The fraction of sp³-hybridized carbons (Fsp3) is 0.0667. The topological polar surface area (TPSA) is 0 Å². The van der Waals surface area contributed by atoms with Crippen LogP contribution in [0, 0.1) is 0 Å². The molecule has 1 atom stereocenters. The lowest BCUT2D eigenvalue weighted by Crippen LogP contribution is -1.89. The van der Waals surface area contributed by atoms with Gasteiger partial charge in [0.15, 0.2) is 0 Å². The van der Waals surface area contributed by atoms with Gasteiger partial charge in [0.1, 0.15) is 0 Å². The van der Waals surface area contributed by atoms with E-state index in [1.165, 1.54) is 21.2 Å². The van der Waals surface area contributed by atoms with Gasteiger partial charge in [-0.05, 0) is 60.3 Å². The van der Waals surface area contributed by atoms with Gasteiger partial charge in [0, 0.05) is 9.35 Å². The summed E-state index contributed by atoms with van der Waals surface area (Å²) >= 11 is 12.6. The van der Waals surface area contributed by atoms with Crippen LogP contribution in [0.15, 0.2) is 56.8 Å². The first-order chi connectivity index (χ1) is 9.15. The van der Waals surface area contributed by atoms with Crippen molar-refractivity contribution in [1.29, 1.82) is 0 Å². The van der Waals surface area contributed by atoms with Gasteiger partial charge >= 0.3 is 0 Å². The average Bonchev–Trinajstić information content (AvgIpc) is 2.77. The molecule has 0 nitrogen and oxygen atoms in total.